The minimum absolute atomic E-state index is 0. The minimum atomic E-state index is -0.0746. The summed E-state index contributed by atoms with van der Waals surface area (Å²) in [6.45, 7) is 3.77. The zero-order valence-electron chi connectivity index (χ0n) is 18.5. The van der Waals surface area contributed by atoms with Gasteiger partial charge in [0.25, 0.3) is 5.91 Å². The molecule has 9 heteroatoms. The summed E-state index contributed by atoms with van der Waals surface area (Å²) < 4.78 is 16.4. The summed E-state index contributed by atoms with van der Waals surface area (Å²) in [6, 6.07) is 11.3. The van der Waals surface area contributed by atoms with Crippen molar-refractivity contribution in [3.05, 3.63) is 59.5 Å². The van der Waals surface area contributed by atoms with Crippen LogP contribution >= 0.6 is 24.0 Å². The smallest absolute Gasteiger partial charge is 0.251 e. The minimum Gasteiger partial charge on any atom is -0.467 e. The second kappa shape index (κ2) is 14.9. The molecule has 2 heterocycles. The molecular formula is C23H33IN4O4. The van der Waals surface area contributed by atoms with E-state index in [9.17, 15) is 4.79 Å². The Balaban J connectivity index is 0.00000363. The van der Waals surface area contributed by atoms with E-state index >= 15 is 0 Å². The van der Waals surface area contributed by atoms with E-state index in [1.54, 1.807) is 13.3 Å². The van der Waals surface area contributed by atoms with E-state index in [1.807, 2.05) is 36.4 Å². The molecule has 1 aliphatic heterocycles. The van der Waals surface area contributed by atoms with Crippen LogP contribution < -0.4 is 16.0 Å². The molecule has 0 bridgehead atoms. The van der Waals surface area contributed by atoms with Crippen molar-refractivity contribution < 1.29 is 18.7 Å². The fourth-order valence-corrected chi connectivity index (χ4v) is 3.29. The molecule has 32 heavy (non-hydrogen) atoms. The third-order valence-corrected chi connectivity index (χ3v) is 4.97. The zero-order chi connectivity index (χ0) is 21.7. The number of carbonyl (C=O) groups excluding carboxylic acids is 1. The Morgan fingerprint density at radius 2 is 2.12 bits per heavy atom. The highest BCUT2D eigenvalue weighted by Gasteiger charge is 2.16. The van der Waals surface area contributed by atoms with Crippen LogP contribution in [0.5, 0.6) is 0 Å². The van der Waals surface area contributed by atoms with Gasteiger partial charge >= 0.3 is 0 Å². The second-order valence-corrected chi connectivity index (χ2v) is 7.38. The molecule has 2 aromatic rings. The van der Waals surface area contributed by atoms with E-state index in [0.717, 1.165) is 43.7 Å². The van der Waals surface area contributed by atoms with E-state index < -0.39 is 0 Å². The molecule has 0 saturated carbocycles. The van der Waals surface area contributed by atoms with Crippen LogP contribution in [0.1, 0.15) is 40.9 Å². The van der Waals surface area contributed by atoms with Crippen LogP contribution in [0.25, 0.3) is 0 Å². The van der Waals surface area contributed by atoms with Gasteiger partial charge in [-0.3, -0.25) is 9.79 Å². The highest BCUT2D eigenvalue weighted by atomic mass is 127. The van der Waals surface area contributed by atoms with E-state index in [0.29, 0.717) is 37.8 Å². The highest BCUT2D eigenvalue weighted by Crippen LogP contribution is 2.11. The molecule has 1 amide bonds. The maximum absolute atomic E-state index is 12.4. The number of carbonyl (C=O) groups is 1. The Kier molecular flexibility index (Phi) is 12.1. The molecule has 1 aliphatic rings. The Labute approximate surface area is 206 Å². The van der Waals surface area contributed by atoms with Crippen LogP contribution in [-0.2, 0) is 22.6 Å². The van der Waals surface area contributed by atoms with Gasteiger partial charge in [0.1, 0.15) is 12.4 Å². The number of guanidine groups is 1. The molecule has 1 fully saturated rings. The number of benzene rings is 1. The number of hydrogen-bond acceptors (Lipinski definition) is 5. The number of furan rings is 1. The van der Waals surface area contributed by atoms with E-state index in [1.165, 1.54) is 0 Å². The third-order valence-electron chi connectivity index (χ3n) is 4.97. The standard InChI is InChI=1S/C23H32N4O4.HI/c1-24-23(25-10-5-11-29-17-21-9-4-13-31-21)27-15-18-6-2-7-19(14-18)22(28)26-16-20-8-3-12-30-20;/h2,4,6-7,9,13-14,20H,3,5,8,10-12,15-17H2,1H3,(H,26,28)(H2,24,25,27);1H. The van der Waals surface area contributed by atoms with Gasteiger partial charge < -0.3 is 29.8 Å². The first-order valence-electron chi connectivity index (χ1n) is 10.8. The summed E-state index contributed by atoms with van der Waals surface area (Å²) in [7, 11) is 1.73. The van der Waals surface area contributed by atoms with E-state index in [2.05, 4.69) is 20.9 Å². The van der Waals surface area contributed by atoms with Crippen molar-refractivity contribution in [1.82, 2.24) is 16.0 Å². The van der Waals surface area contributed by atoms with Crippen molar-refractivity contribution in [3.63, 3.8) is 0 Å². The summed E-state index contributed by atoms with van der Waals surface area (Å²) >= 11 is 0. The molecule has 1 unspecified atom stereocenters. The van der Waals surface area contributed by atoms with Crippen LogP contribution in [0.15, 0.2) is 52.1 Å². The molecular weight excluding hydrogens is 523 g/mol. The fraction of sp³-hybridized carbons (Fsp3) is 0.478. The van der Waals surface area contributed by atoms with Crippen molar-refractivity contribution >= 4 is 35.8 Å². The van der Waals surface area contributed by atoms with Gasteiger partial charge in [-0.2, -0.15) is 0 Å². The molecule has 1 saturated heterocycles. The largest absolute Gasteiger partial charge is 0.467 e. The van der Waals surface area contributed by atoms with Crippen molar-refractivity contribution in [3.8, 4) is 0 Å². The topological polar surface area (TPSA) is 97.1 Å². The average molecular weight is 556 g/mol. The van der Waals surface area contributed by atoms with E-state index in [4.69, 9.17) is 13.9 Å². The first kappa shape index (κ1) is 26.1. The van der Waals surface area contributed by atoms with Crippen molar-refractivity contribution in [2.24, 2.45) is 4.99 Å². The average Bonchev–Trinajstić information content (AvgIpc) is 3.51. The Hall–Kier alpha value is -2.11. The number of amides is 1. The molecule has 8 nitrogen and oxygen atoms in total. The molecule has 1 aromatic heterocycles. The van der Waals surface area contributed by atoms with Crippen LogP contribution in [0.4, 0.5) is 0 Å². The molecule has 0 spiro atoms. The van der Waals surface area contributed by atoms with Crippen LogP contribution in [0.3, 0.4) is 0 Å². The highest BCUT2D eigenvalue weighted by molar-refractivity contribution is 14.0. The first-order valence-corrected chi connectivity index (χ1v) is 10.8. The lowest BCUT2D eigenvalue weighted by Crippen LogP contribution is -2.37. The van der Waals surface area contributed by atoms with Crippen LogP contribution in [0.2, 0.25) is 0 Å². The van der Waals surface area contributed by atoms with Gasteiger partial charge in [-0.05, 0) is 49.1 Å². The molecule has 1 atom stereocenters. The second-order valence-electron chi connectivity index (χ2n) is 7.38. The van der Waals surface area contributed by atoms with Crippen LogP contribution in [0, 0.1) is 0 Å². The number of nitrogens with one attached hydrogen (secondary N) is 3. The summed E-state index contributed by atoms with van der Waals surface area (Å²) in [4.78, 5) is 16.6. The molecule has 176 valence electrons. The molecule has 1 aromatic carbocycles. The number of rotatable bonds is 11. The number of ether oxygens (including phenoxy) is 2. The monoisotopic (exact) mass is 556 g/mol. The van der Waals surface area contributed by atoms with Crippen molar-refractivity contribution in [2.75, 3.05) is 33.4 Å². The normalized spacial score (nSPS) is 15.8. The zero-order valence-corrected chi connectivity index (χ0v) is 20.8. The number of hydrogen-bond donors (Lipinski definition) is 3. The van der Waals surface area contributed by atoms with Gasteiger partial charge in [0.15, 0.2) is 5.96 Å². The number of aliphatic imine (C=N–C) groups is 1. The lowest BCUT2D eigenvalue weighted by molar-refractivity contribution is 0.0857. The van der Waals surface area contributed by atoms with Gasteiger partial charge in [0.05, 0.1) is 12.4 Å². The number of halogens is 1. The lowest BCUT2D eigenvalue weighted by atomic mass is 10.1. The SMILES string of the molecule is CN=C(NCCCOCc1ccco1)NCc1cccc(C(=O)NCC2CCCO2)c1.I. The maximum Gasteiger partial charge on any atom is 0.251 e. The van der Waals surface area contributed by atoms with Gasteiger partial charge in [0, 0.05) is 45.5 Å². The summed E-state index contributed by atoms with van der Waals surface area (Å²) in [5, 5.41) is 9.50. The summed E-state index contributed by atoms with van der Waals surface area (Å²) in [5.74, 6) is 1.46. The van der Waals surface area contributed by atoms with Crippen molar-refractivity contribution in [2.45, 2.75) is 38.5 Å². The Morgan fingerprint density at radius 1 is 1.22 bits per heavy atom. The summed E-state index contributed by atoms with van der Waals surface area (Å²) in [5.41, 5.74) is 1.66. The molecule has 0 radical (unpaired) electrons. The van der Waals surface area contributed by atoms with Crippen LogP contribution in [-0.4, -0.2) is 51.3 Å². The molecule has 0 aliphatic carbocycles. The predicted octanol–water partition coefficient (Wildman–Crippen LogP) is 3.08. The summed E-state index contributed by atoms with van der Waals surface area (Å²) in [6.07, 6.45) is 4.70. The van der Waals surface area contributed by atoms with E-state index in [-0.39, 0.29) is 36.0 Å². The number of nitrogens with zero attached hydrogens (tertiary/aromatic N) is 1. The molecule has 3 rings (SSSR count). The van der Waals surface area contributed by atoms with Gasteiger partial charge in [-0.15, -0.1) is 24.0 Å². The Morgan fingerprint density at radius 3 is 2.88 bits per heavy atom. The van der Waals surface area contributed by atoms with Gasteiger partial charge in [-0.1, -0.05) is 12.1 Å². The van der Waals surface area contributed by atoms with Gasteiger partial charge in [0.2, 0.25) is 0 Å². The third kappa shape index (κ3) is 9.17. The lowest BCUT2D eigenvalue weighted by Gasteiger charge is -2.13. The maximum atomic E-state index is 12.4. The quantitative estimate of drug-likeness (QED) is 0.171. The fourth-order valence-electron chi connectivity index (χ4n) is 3.29. The molecule has 3 N–H and O–H groups in total. The predicted molar refractivity (Wildman–Crippen MR) is 134 cm³/mol. The Bertz CT molecular complexity index is 823. The van der Waals surface area contributed by atoms with Crippen molar-refractivity contribution in [1.29, 1.82) is 0 Å². The van der Waals surface area contributed by atoms with Gasteiger partial charge in [-0.25, -0.2) is 0 Å². The first-order chi connectivity index (χ1) is 15.2.